The van der Waals surface area contributed by atoms with Crippen molar-refractivity contribution in [3.8, 4) is 0 Å². The van der Waals surface area contributed by atoms with E-state index in [1.165, 1.54) is 5.56 Å². The van der Waals surface area contributed by atoms with Crippen LogP contribution in [-0.4, -0.2) is 35.1 Å². The smallest absolute Gasteiger partial charge is 0.242 e. The van der Waals surface area contributed by atoms with Crippen LogP contribution in [0.3, 0.4) is 0 Å². The third-order valence-corrected chi connectivity index (χ3v) is 5.84. The largest absolute Gasteiger partial charge is 0.354 e. The summed E-state index contributed by atoms with van der Waals surface area (Å²) < 4.78 is 0. The molecule has 0 heterocycles. The predicted octanol–water partition coefficient (Wildman–Crippen LogP) is 4.91. The van der Waals surface area contributed by atoms with Gasteiger partial charge in [0.1, 0.15) is 6.04 Å². The van der Waals surface area contributed by atoms with E-state index >= 15 is 0 Å². The molecule has 4 nitrogen and oxygen atoms in total. The van der Waals surface area contributed by atoms with Gasteiger partial charge in [0.15, 0.2) is 0 Å². The number of hydrogen-bond acceptors (Lipinski definition) is 3. The highest BCUT2D eigenvalue weighted by Crippen LogP contribution is 2.17. The highest BCUT2D eigenvalue weighted by molar-refractivity contribution is 7.98. The van der Waals surface area contributed by atoms with Gasteiger partial charge in [0, 0.05) is 36.0 Å². The van der Waals surface area contributed by atoms with Crippen LogP contribution >= 0.6 is 23.4 Å². The molecule has 2 rings (SSSR count). The molecule has 0 aliphatic rings. The van der Waals surface area contributed by atoms with Gasteiger partial charge in [-0.1, -0.05) is 61.0 Å². The van der Waals surface area contributed by atoms with Crippen LogP contribution in [0, 0.1) is 0 Å². The number of rotatable bonds is 11. The molecular weight excluding hydrogens is 404 g/mol. The fourth-order valence-corrected chi connectivity index (χ4v) is 3.85. The zero-order valence-electron chi connectivity index (χ0n) is 17.1. The monoisotopic (exact) mass is 432 g/mol. The summed E-state index contributed by atoms with van der Waals surface area (Å²) in [5.41, 5.74) is 2.20. The number of amides is 2. The number of halogens is 1. The molecule has 2 aromatic rings. The number of benzene rings is 2. The highest BCUT2D eigenvalue weighted by atomic mass is 35.5. The molecule has 29 heavy (non-hydrogen) atoms. The molecule has 0 aromatic heterocycles. The van der Waals surface area contributed by atoms with Crippen LogP contribution in [0.2, 0.25) is 5.02 Å². The Balaban J connectivity index is 1.97. The van der Waals surface area contributed by atoms with Crippen molar-refractivity contribution in [3.63, 3.8) is 0 Å². The van der Waals surface area contributed by atoms with E-state index in [-0.39, 0.29) is 11.8 Å². The van der Waals surface area contributed by atoms with Crippen molar-refractivity contribution < 1.29 is 9.59 Å². The second-order valence-electron chi connectivity index (χ2n) is 6.90. The van der Waals surface area contributed by atoms with E-state index in [4.69, 9.17) is 11.6 Å². The number of carbonyl (C=O) groups is 2. The van der Waals surface area contributed by atoms with Crippen LogP contribution in [0.15, 0.2) is 54.6 Å². The SMILES string of the molecule is CCCNC(=O)C(C)N(Cc1ccc(Cl)cc1)C(=O)CCSCc1ccccc1. The molecule has 0 radical (unpaired) electrons. The Morgan fingerprint density at radius 2 is 1.76 bits per heavy atom. The van der Waals surface area contributed by atoms with Crippen LogP contribution in [0.5, 0.6) is 0 Å². The van der Waals surface area contributed by atoms with Gasteiger partial charge >= 0.3 is 0 Å². The van der Waals surface area contributed by atoms with Gasteiger partial charge in [0.25, 0.3) is 0 Å². The zero-order valence-corrected chi connectivity index (χ0v) is 18.6. The maximum absolute atomic E-state index is 13.0. The van der Waals surface area contributed by atoms with Gasteiger partial charge < -0.3 is 10.2 Å². The Labute approximate surface area is 183 Å². The first-order valence-electron chi connectivity index (χ1n) is 9.94. The summed E-state index contributed by atoms with van der Waals surface area (Å²) in [6, 6.07) is 17.1. The maximum atomic E-state index is 13.0. The molecule has 0 aliphatic heterocycles. The van der Waals surface area contributed by atoms with E-state index in [9.17, 15) is 9.59 Å². The minimum absolute atomic E-state index is 0.0142. The Morgan fingerprint density at radius 3 is 2.41 bits per heavy atom. The van der Waals surface area contributed by atoms with Gasteiger partial charge in [-0.15, -0.1) is 0 Å². The number of nitrogens with one attached hydrogen (secondary N) is 1. The van der Waals surface area contributed by atoms with E-state index < -0.39 is 6.04 Å². The predicted molar refractivity (Wildman–Crippen MR) is 122 cm³/mol. The molecule has 156 valence electrons. The Bertz CT molecular complexity index is 768. The van der Waals surface area contributed by atoms with Gasteiger partial charge in [0.05, 0.1) is 0 Å². The van der Waals surface area contributed by atoms with Gasteiger partial charge in [-0.05, 0) is 36.6 Å². The third kappa shape index (κ3) is 8.11. The second kappa shape index (κ2) is 12.6. The average Bonchev–Trinajstić information content (AvgIpc) is 2.74. The first-order chi connectivity index (χ1) is 14.0. The molecule has 0 fully saturated rings. The van der Waals surface area contributed by atoms with Crippen molar-refractivity contribution in [2.24, 2.45) is 0 Å². The van der Waals surface area contributed by atoms with Crippen molar-refractivity contribution in [2.75, 3.05) is 12.3 Å². The number of thioether (sulfide) groups is 1. The average molecular weight is 433 g/mol. The summed E-state index contributed by atoms with van der Waals surface area (Å²) in [5, 5.41) is 3.54. The maximum Gasteiger partial charge on any atom is 0.242 e. The van der Waals surface area contributed by atoms with E-state index in [1.54, 1.807) is 35.7 Å². The van der Waals surface area contributed by atoms with Crippen LogP contribution in [-0.2, 0) is 21.9 Å². The number of carbonyl (C=O) groups excluding carboxylic acids is 2. The van der Waals surface area contributed by atoms with E-state index in [2.05, 4.69) is 17.4 Å². The second-order valence-corrected chi connectivity index (χ2v) is 8.44. The first kappa shape index (κ1) is 23.3. The Hall–Kier alpha value is -1.98. The molecule has 1 N–H and O–H groups in total. The normalized spacial score (nSPS) is 11.7. The molecule has 2 aromatic carbocycles. The molecule has 2 amide bonds. The summed E-state index contributed by atoms with van der Waals surface area (Å²) in [6.45, 7) is 4.79. The number of hydrogen-bond donors (Lipinski definition) is 1. The van der Waals surface area contributed by atoms with E-state index in [1.807, 2.05) is 37.3 Å². The summed E-state index contributed by atoms with van der Waals surface area (Å²) >= 11 is 7.70. The molecule has 0 saturated heterocycles. The molecule has 0 bridgehead atoms. The van der Waals surface area contributed by atoms with E-state index in [0.29, 0.717) is 30.3 Å². The molecule has 6 heteroatoms. The van der Waals surface area contributed by atoms with E-state index in [0.717, 1.165) is 17.7 Å². The quantitative estimate of drug-likeness (QED) is 0.513. The van der Waals surface area contributed by atoms with Crippen LogP contribution in [0.25, 0.3) is 0 Å². The molecule has 0 spiro atoms. The minimum atomic E-state index is -0.524. The lowest BCUT2D eigenvalue weighted by Gasteiger charge is -2.29. The van der Waals surface area contributed by atoms with Crippen molar-refractivity contribution in [1.29, 1.82) is 0 Å². The van der Waals surface area contributed by atoms with Crippen LogP contribution < -0.4 is 5.32 Å². The summed E-state index contributed by atoms with van der Waals surface area (Å²) in [6.07, 6.45) is 1.26. The summed E-state index contributed by atoms with van der Waals surface area (Å²) in [7, 11) is 0. The zero-order chi connectivity index (χ0) is 21.1. The molecule has 0 aliphatic carbocycles. The van der Waals surface area contributed by atoms with Crippen molar-refractivity contribution in [2.45, 2.75) is 45.0 Å². The standard InChI is InChI=1S/C23H29ClN2O2S/c1-3-14-25-23(28)18(2)26(16-19-9-11-21(24)12-10-19)22(27)13-15-29-17-20-7-5-4-6-8-20/h4-12,18H,3,13-17H2,1-2H3,(H,25,28). The molecular formula is C23H29ClN2O2S. The van der Waals surface area contributed by atoms with Crippen molar-refractivity contribution in [1.82, 2.24) is 10.2 Å². The van der Waals surface area contributed by atoms with Crippen LogP contribution in [0.1, 0.15) is 37.8 Å². The highest BCUT2D eigenvalue weighted by Gasteiger charge is 2.25. The molecule has 1 unspecified atom stereocenters. The topological polar surface area (TPSA) is 49.4 Å². The van der Waals surface area contributed by atoms with Crippen molar-refractivity contribution in [3.05, 3.63) is 70.7 Å². The summed E-state index contributed by atoms with van der Waals surface area (Å²) in [5.74, 6) is 1.46. The number of nitrogens with zero attached hydrogens (tertiary/aromatic N) is 1. The van der Waals surface area contributed by atoms with Gasteiger partial charge in [0.2, 0.25) is 11.8 Å². The van der Waals surface area contributed by atoms with Crippen molar-refractivity contribution >= 4 is 35.2 Å². The molecule has 0 saturated carbocycles. The fraction of sp³-hybridized carbons (Fsp3) is 0.391. The van der Waals surface area contributed by atoms with Gasteiger partial charge in [-0.2, -0.15) is 11.8 Å². The lowest BCUT2D eigenvalue weighted by molar-refractivity contribution is -0.140. The Kier molecular flexibility index (Phi) is 10.1. The van der Waals surface area contributed by atoms with Crippen LogP contribution in [0.4, 0.5) is 0 Å². The first-order valence-corrected chi connectivity index (χ1v) is 11.5. The lowest BCUT2D eigenvalue weighted by atomic mass is 10.1. The Morgan fingerprint density at radius 1 is 1.07 bits per heavy atom. The third-order valence-electron chi connectivity index (χ3n) is 4.55. The minimum Gasteiger partial charge on any atom is -0.354 e. The summed E-state index contributed by atoms with van der Waals surface area (Å²) in [4.78, 5) is 27.1. The van der Waals surface area contributed by atoms with Gasteiger partial charge in [-0.25, -0.2) is 0 Å². The lowest BCUT2D eigenvalue weighted by Crippen LogP contribution is -2.47. The fourth-order valence-electron chi connectivity index (χ4n) is 2.83. The molecule has 1 atom stereocenters. The van der Waals surface area contributed by atoms with Gasteiger partial charge in [-0.3, -0.25) is 9.59 Å².